The second-order valence-electron chi connectivity index (χ2n) is 8.32. The largest absolute Gasteiger partial charge is 0.508 e. The van der Waals surface area contributed by atoms with Crippen LogP contribution in [0.1, 0.15) is 68.1 Å². The van der Waals surface area contributed by atoms with E-state index in [0.29, 0.717) is 12.1 Å². The molecule has 0 amide bonds. The fraction of sp³-hybridized carbons (Fsp3) is 0.333. The number of benzene rings is 3. The van der Waals surface area contributed by atoms with Crippen LogP contribution in [-0.2, 0) is 10.0 Å². The first-order chi connectivity index (χ1) is 15.9. The molecule has 5 nitrogen and oxygen atoms in total. The van der Waals surface area contributed by atoms with Gasteiger partial charge in [0.25, 0.3) is 0 Å². The van der Waals surface area contributed by atoms with Gasteiger partial charge in [0.05, 0.1) is 4.90 Å². The molecule has 3 N–H and O–H groups in total. The van der Waals surface area contributed by atoms with Crippen molar-refractivity contribution < 1.29 is 18.6 Å². The number of sulfonamides is 1. The van der Waals surface area contributed by atoms with E-state index in [1.54, 1.807) is 60.7 Å². The van der Waals surface area contributed by atoms with Crippen LogP contribution in [-0.4, -0.2) is 25.2 Å². The van der Waals surface area contributed by atoms with Crippen molar-refractivity contribution in [2.75, 3.05) is 6.54 Å². The summed E-state index contributed by atoms with van der Waals surface area (Å²) in [5.74, 6) is -0.0950. The summed E-state index contributed by atoms with van der Waals surface area (Å²) < 4.78 is 29.3. The Hall–Kier alpha value is -2.83. The number of rotatable bonds is 12. The van der Waals surface area contributed by atoms with E-state index in [1.165, 1.54) is 19.3 Å². The number of hydrogen-bond acceptors (Lipinski definition) is 4. The predicted molar refractivity (Wildman–Crippen MR) is 132 cm³/mol. The Morgan fingerprint density at radius 3 is 1.82 bits per heavy atom. The highest BCUT2D eigenvalue weighted by Crippen LogP contribution is 2.36. The Labute approximate surface area is 197 Å². The Bertz CT molecular complexity index is 1060. The number of phenols is 2. The van der Waals surface area contributed by atoms with Crippen LogP contribution in [0.4, 0.5) is 0 Å². The second kappa shape index (κ2) is 11.9. The summed E-state index contributed by atoms with van der Waals surface area (Å²) in [7, 11) is -3.71. The maximum Gasteiger partial charge on any atom is 0.240 e. The van der Waals surface area contributed by atoms with Crippen LogP contribution in [0.5, 0.6) is 11.5 Å². The molecule has 0 saturated heterocycles. The molecule has 0 aliphatic rings. The zero-order valence-corrected chi connectivity index (χ0v) is 19.9. The van der Waals surface area contributed by atoms with Crippen LogP contribution in [0, 0.1) is 0 Å². The molecule has 0 aliphatic carbocycles. The fourth-order valence-electron chi connectivity index (χ4n) is 4.04. The van der Waals surface area contributed by atoms with Gasteiger partial charge in [0.1, 0.15) is 11.5 Å². The van der Waals surface area contributed by atoms with Crippen molar-refractivity contribution in [1.29, 1.82) is 0 Å². The van der Waals surface area contributed by atoms with E-state index in [2.05, 4.69) is 11.6 Å². The molecule has 3 rings (SSSR count). The minimum atomic E-state index is -3.71. The molecule has 3 aromatic carbocycles. The minimum absolute atomic E-state index is 0.143. The van der Waals surface area contributed by atoms with Gasteiger partial charge < -0.3 is 10.2 Å². The third-order valence-corrected chi connectivity index (χ3v) is 7.33. The zero-order valence-electron chi connectivity index (χ0n) is 19.1. The van der Waals surface area contributed by atoms with E-state index < -0.39 is 10.0 Å². The van der Waals surface area contributed by atoms with E-state index in [0.717, 1.165) is 30.4 Å². The molecule has 0 unspecified atom stereocenters. The third-order valence-electron chi connectivity index (χ3n) is 5.79. The van der Waals surface area contributed by atoms with Gasteiger partial charge in [-0.25, -0.2) is 13.1 Å². The Morgan fingerprint density at radius 1 is 0.727 bits per heavy atom. The van der Waals surface area contributed by atoms with Gasteiger partial charge >= 0.3 is 0 Å². The van der Waals surface area contributed by atoms with Gasteiger partial charge in [0.15, 0.2) is 0 Å². The lowest BCUT2D eigenvalue weighted by atomic mass is 9.85. The predicted octanol–water partition coefficient (Wildman–Crippen LogP) is 5.92. The Morgan fingerprint density at radius 2 is 1.24 bits per heavy atom. The summed E-state index contributed by atoms with van der Waals surface area (Å²) in [6.45, 7) is 2.58. The first-order valence-electron chi connectivity index (χ1n) is 11.6. The van der Waals surface area contributed by atoms with Crippen molar-refractivity contribution in [2.24, 2.45) is 0 Å². The fourth-order valence-corrected chi connectivity index (χ4v) is 5.36. The van der Waals surface area contributed by atoms with Crippen LogP contribution >= 0.6 is 0 Å². The first-order valence-corrected chi connectivity index (χ1v) is 13.1. The molecule has 0 bridgehead atoms. The normalized spacial score (nSPS) is 11.7. The maximum atomic E-state index is 13.3. The number of phenolic OH excluding ortho intramolecular Hbond substituents is 2. The van der Waals surface area contributed by atoms with Gasteiger partial charge in [-0.2, -0.15) is 0 Å². The molecular formula is C27H33NO4S. The maximum absolute atomic E-state index is 13.3. The van der Waals surface area contributed by atoms with Crippen LogP contribution in [0.15, 0.2) is 77.7 Å². The summed E-state index contributed by atoms with van der Waals surface area (Å²) in [6.07, 6.45) is 6.53. The Kier molecular flexibility index (Phi) is 8.92. The molecule has 0 aromatic heterocycles. The van der Waals surface area contributed by atoms with Gasteiger partial charge in [-0.1, -0.05) is 81.5 Å². The van der Waals surface area contributed by atoms with Crippen molar-refractivity contribution >= 4 is 10.0 Å². The van der Waals surface area contributed by atoms with Gasteiger partial charge in [0.2, 0.25) is 10.0 Å². The van der Waals surface area contributed by atoms with E-state index >= 15 is 0 Å². The molecule has 0 heterocycles. The summed E-state index contributed by atoms with van der Waals surface area (Å²) in [6, 6.07) is 20.6. The quantitative estimate of drug-likeness (QED) is 0.228. The Balaban J connectivity index is 1.90. The van der Waals surface area contributed by atoms with Crippen LogP contribution < -0.4 is 4.72 Å². The highest BCUT2D eigenvalue weighted by atomic mass is 32.2. The van der Waals surface area contributed by atoms with Crippen molar-refractivity contribution in [2.45, 2.75) is 56.3 Å². The van der Waals surface area contributed by atoms with Crippen LogP contribution in [0.25, 0.3) is 0 Å². The standard InChI is InChI=1S/C27H33NO4S/c1-2-3-4-5-6-9-20-28-33(31,32)26-11-8-7-10-25(26)27(21-12-16-23(29)17-13-21)22-14-18-24(30)19-15-22/h7-8,10-19,27-30H,2-6,9,20H2,1H3. The number of unbranched alkanes of at least 4 members (excludes halogenated alkanes) is 5. The lowest BCUT2D eigenvalue weighted by Gasteiger charge is -2.22. The molecule has 0 fully saturated rings. The van der Waals surface area contributed by atoms with Gasteiger partial charge in [-0.05, 0) is 53.4 Å². The molecule has 0 aliphatic heterocycles. The van der Waals surface area contributed by atoms with Crippen molar-refractivity contribution in [3.63, 3.8) is 0 Å². The summed E-state index contributed by atoms with van der Waals surface area (Å²) in [5.41, 5.74) is 2.33. The minimum Gasteiger partial charge on any atom is -0.508 e. The van der Waals surface area contributed by atoms with Crippen molar-refractivity contribution in [3.8, 4) is 11.5 Å². The lowest BCUT2D eigenvalue weighted by molar-refractivity contribution is 0.475. The number of nitrogens with one attached hydrogen (secondary N) is 1. The van der Waals surface area contributed by atoms with Gasteiger partial charge in [0, 0.05) is 12.5 Å². The van der Waals surface area contributed by atoms with E-state index in [4.69, 9.17) is 0 Å². The molecular weight excluding hydrogens is 434 g/mol. The third kappa shape index (κ3) is 6.83. The highest BCUT2D eigenvalue weighted by Gasteiger charge is 2.25. The molecule has 0 radical (unpaired) electrons. The lowest BCUT2D eigenvalue weighted by Crippen LogP contribution is -2.26. The van der Waals surface area contributed by atoms with Crippen molar-refractivity contribution in [1.82, 2.24) is 4.72 Å². The summed E-state index contributed by atoms with van der Waals surface area (Å²) >= 11 is 0. The summed E-state index contributed by atoms with van der Waals surface area (Å²) in [5, 5.41) is 19.5. The van der Waals surface area contributed by atoms with E-state index in [-0.39, 0.29) is 22.3 Å². The van der Waals surface area contributed by atoms with Gasteiger partial charge in [-0.3, -0.25) is 0 Å². The molecule has 0 saturated carbocycles. The highest BCUT2D eigenvalue weighted by molar-refractivity contribution is 7.89. The average molecular weight is 468 g/mol. The van der Waals surface area contributed by atoms with Gasteiger partial charge in [-0.15, -0.1) is 0 Å². The van der Waals surface area contributed by atoms with E-state index in [1.807, 2.05) is 12.1 Å². The molecule has 0 spiro atoms. The number of aromatic hydroxyl groups is 2. The molecule has 33 heavy (non-hydrogen) atoms. The number of hydrogen-bond donors (Lipinski definition) is 3. The molecule has 0 atom stereocenters. The second-order valence-corrected chi connectivity index (χ2v) is 10.1. The van der Waals surface area contributed by atoms with Crippen molar-refractivity contribution in [3.05, 3.63) is 89.5 Å². The SMILES string of the molecule is CCCCCCCCNS(=O)(=O)c1ccccc1C(c1ccc(O)cc1)c1ccc(O)cc1. The monoisotopic (exact) mass is 467 g/mol. The van der Waals surface area contributed by atoms with Crippen LogP contribution in [0.2, 0.25) is 0 Å². The van der Waals surface area contributed by atoms with E-state index in [9.17, 15) is 18.6 Å². The topological polar surface area (TPSA) is 86.6 Å². The van der Waals surface area contributed by atoms with Crippen LogP contribution in [0.3, 0.4) is 0 Å². The molecule has 6 heteroatoms. The average Bonchev–Trinajstić information content (AvgIpc) is 2.81. The molecule has 176 valence electrons. The first kappa shape index (κ1) is 24.8. The summed E-state index contributed by atoms with van der Waals surface area (Å²) in [4.78, 5) is 0.238. The molecule has 3 aromatic rings. The zero-order chi connectivity index (χ0) is 23.7. The smallest absolute Gasteiger partial charge is 0.240 e.